The molecule has 2 heterocycles. The van der Waals surface area contributed by atoms with Crippen LogP contribution in [0.4, 0.5) is 0 Å². The first kappa shape index (κ1) is 12.7. The predicted molar refractivity (Wildman–Crippen MR) is 72.6 cm³/mol. The van der Waals surface area contributed by atoms with Gasteiger partial charge in [-0.25, -0.2) is 9.98 Å². The Morgan fingerprint density at radius 2 is 2.39 bits per heavy atom. The average molecular weight is 248 g/mol. The van der Waals surface area contributed by atoms with E-state index < -0.39 is 0 Å². The first-order chi connectivity index (χ1) is 8.79. The summed E-state index contributed by atoms with van der Waals surface area (Å²) in [5, 5.41) is 0. The molecule has 0 aromatic carbocycles. The van der Waals surface area contributed by atoms with Crippen molar-refractivity contribution in [1.29, 1.82) is 0 Å². The molecular weight excluding hydrogens is 228 g/mol. The first-order valence-corrected chi connectivity index (χ1v) is 6.36. The lowest BCUT2D eigenvalue weighted by Gasteiger charge is -2.24. The van der Waals surface area contributed by atoms with Crippen LogP contribution >= 0.6 is 0 Å². The molecule has 0 unspecified atom stereocenters. The Bertz CT molecular complexity index is 411. The number of aliphatic imine (C=N–C) groups is 2. The van der Waals surface area contributed by atoms with Crippen molar-refractivity contribution in [2.45, 2.75) is 26.3 Å². The SMILES string of the molecule is CCCCN(C)C1=NCN(Cc2ccco2)C=N1. The number of guanidine groups is 1. The summed E-state index contributed by atoms with van der Waals surface area (Å²) in [5.41, 5.74) is 0. The monoisotopic (exact) mass is 248 g/mol. The van der Waals surface area contributed by atoms with Gasteiger partial charge in [-0.05, 0) is 18.6 Å². The smallest absolute Gasteiger partial charge is 0.223 e. The molecule has 0 atom stereocenters. The molecular formula is C13H20N4O. The zero-order chi connectivity index (χ0) is 12.8. The highest BCUT2D eigenvalue weighted by Gasteiger charge is 2.11. The van der Waals surface area contributed by atoms with Crippen LogP contribution in [-0.2, 0) is 6.54 Å². The highest BCUT2D eigenvalue weighted by Crippen LogP contribution is 2.07. The topological polar surface area (TPSA) is 44.3 Å². The standard InChI is InChI=1S/C13H20N4O/c1-3-4-7-16(2)13-14-10-17(11-15-13)9-12-6-5-8-18-12/h5-6,8,10H,3-4,7,9,11H2,1-2H3. The van der Waals surface area contributed by atoms with Crippen LogP contribution in [0, 0.1) is 0 Å². The average Bonchev–Trinajstić information content (AvgIpc) is 2.89. The van der Waals surface area contributed by atoms with Crippen LogP contribution in [0.15, 0.2) is 32.8 Å². The van der Waals surface area contributed by atoms with E-state index in [2.05, 4.69) is 21.8 Å². The molecule has 1 aromatic heterocycles. The first-order valence-electron chi connectivity index (χ1n) is 6.36. The summed E-state index contributed by atoms with van der Waals surface area (Å²) in [6.07, 6.45) is 5.88. The summed E-state index contributed by atoms with van der Waals surface area (Å²) in [4.78, 5) is 13.0. The maximum Gasteiger partial charge on any atom is 0.223 e. The lowest BCUT2D eigenvalue weighted by molar-refractivity contribution is 0.368. The minimum atomic E-state index is 0.635. The van der Waals surface area contributed by atoms with Crippen molar-refractivity contribution in [3.05, 3.63) is 24.2 Å². The number of hydrogen-bond acceptors (Lipinski definition) is 5. The van der Waals surface area contributed by atoms with Gasteiger partial charge in [-0.2, -0.15) is 0 Å². The molecule has 0 amide bonds. The molecule has 0 spiro atoms. The molecule has 2 rings (SSSR count). The second-order valence-electron chi connectivity index (χ2n) is 4.45. The molecule has 98 valence electrons. The second-order valence-corrected chi connectivity index (χ2v) is 4.45. The van der Waals surface area contributed by atoms with Gasteiger partial charge in [0.15, 0.2) is 0 Å². The van der Waals surface area contributed by atoms with E-state index in [0.717, 1.165) is 18.3 Å². The van der Waals surface area contributed by atoms with Crippen molar-refractivity contribution in [3.8, 4) is 0 Å². The van der Waals surface area contributed by atoms with Gasteiger partial charge in [0, 0.05) is 13.6 Å². The second kappa shape index (κ2) is 6.23. The van der Waals surface area contributed by atoms with Crippen LogP contribution < -0.4 is 0 Å². The van der Waals surface area contributed by atoms with Crippen molar-refractivity contribution < 1.29 is 4.42 Å². The number of rotatable bonds is 5. The third-order valence-electron chi connectivity index (χ3n) is 2.86. The summed E-state index contributed by atoms with van der Waals surface area (Å²) in [6.45, 7) is 4.54. The summed E-state index contributed by atoms with van der Waals surface area (Å²) in [7, 11) is 2.04. The van der Waals surface area contributed by atoms with Crippen molar-refractivity contribution in [3.63, 3.8) is 0 Å². The fourth-order valence-electron chi connectivity index (χ4n) is 1.77. The van der Waals surface area contributed by atoms with E-state index in [0.29, 0.717) is 13.2 Å². The fourth-order valence-corrected chi connectivity index (χ4v) is 1.77. The van der Waals surface area contributed by atoms with Gasteiger partial charge in [0.1, 0.15) is 12.4 Å². The zero-order valence-corrected chi connectivity index (χ0v) is 11.0. The molecule has 0 radical (unpaired) electrons. The quantitative estimate of drug-likeness (QED) is 0.802. The van der Waals surface area contributed by atoms with Crippen molar-refractivity contribution in [2.75, 3.05) is 20.3 Å². The number of hydrogen-bond donors (Lipinski definition) is 0. The minimum Gasteiger partial charge on any atom is -0.467 e. The Morgan fingerprint density at radius 3 is 3.00 bits per heavy atom. The Morgan fingerprint density at radius 1 is 1.50 bits per heavy atom. The van der Waals surface area contributed by atoms with Crippen LogP contribution in [-0.4, -0.2) is 42.4 Å². The molecule has 0 fully saturated rings. The van der Waals surface area contributed by atoms with Gasteiger partial charge in [0.2, 0.25) is 5.96 Å². The van der Waals surface area contributed by atoms with E-state index in [1.54, 1.807) is 6.26 Å². The highest BCUT2D eigenvalue weighted by molar-refractivity contribution is 5.88. The Balaban J connectivity index is 1.83. The molecule has 0 saturated heterocycles. The van der Waals surface area contributed by atoms with Crippen molar-refractivity contribution in [1.82, 2.24) is 9.80 Å². The number of unbranched alkanes of at least 4 members (excludes halogenated alkanes) is 1. The summed E-state index contributed by atoms with van der Waals surface area (Å²) in [5.74, 6) is 1.75. The van der Waals surface area contributed by atoms with E-state index >= 15 is 0 Å². The van der Waals surface area contributed by atoms with Crippen molar-refractivity contribution in [2.24, 2.45) is 9.98 Å². The molecule has 0 bridgehead atoms. The van der Waals surface area contributed by atoms with Crippen LogP contribution in [0.1, 0.15) is 25.5 Å². The van der Waals surface area contributed by atoms with Gasteiger partial charge in [0.05, 0.1) is 19.1 Å². The van der Waals surface area contributed by atoms with E-state index in [1.165, 1.54) is 12.8 Å². The third-order valence-corrected chi connectivity index (χ3v) is 2.86. The van der Waals surface area contributed by atoms with E-state index in [1.807, 2.05) is 30.4 Å². The molecule has 0 aliphatic carbocycles. The zero-order valence-electron chi connectivity index (χ0n) is 11.0. The third kappa shape index (κ3) is 3.35. The molecule has 1 aliphatic rings. The minimum absolute atomic E-state index is 0.635. The Kier molecular flexibility index (Phi) is 4.39. The van der Waals surface area contributed by atoms with Gasteiger partial charge in [0.25, 0.3) is 0 Å². The molecule has 0 saturated carbocycles. The normalized spacial score (nSPS) is 14.8. The molecule has 5 heteroatoms. The largest absolute Gasteiger partial charge is 0.467 e. The van der Waals surface area contributed by atoms with Gasteiger partial charge in [-0.3, -0.25) is 0 Å². The van der Waals surface area contributed by atoms with Crippen LogP contribution in [0.2, 0.25) is 0 Å². The molecule has 18 heavy (non-hydrogen) atoms. The molecule has 5 nitrogen and oxygen atoms in total. The number of nitrogens with zero attached hydrogens (tertiary/aromatic N) is 4. The molecule has 1 aliphatic heterocycles. The highest BCUT2D eigenvalue weighted by atomic mass is 16.3. The van der Waals surface area contributed by atoms with Gasteiger partial charge in [-0.1, -0.05) is 13.3 Å². The van der Waals surface area contributed by atoms with E-state index in [9.17, 15) is 0 Å². The van der Waals surface area contributed by atoms with Crippen LogP contribution in [0.3, 0.4) is 0 Å². The molecule has 1 aromatic rings. The Labute approximate surface area is 108 Å². The van der Waals surface area contributed by atoms with Gasteiger partial charge < -0.3 is 14.2 Å². The lowest BCUT2D eigenvalue weighted by Crippen LogP contribution is -2.33. The van der Waals surface area contributed by atoms with Crippen molar-refractivity contribution >= 4 is 12.3 Å². The van der Waals surface area contributed by atoms with Gasteiger partial charge >= 0.3 is 0 Å². The summed E-state index contributed by atoms with van der Waals surface area (Å²) in [6, 6.07) is 3.85. The van der Waals surface area contributed by atoms with E-state index in [-0.39, 0.29) is 0 Å². The predicted octanol–water partition coefficient (Wildman–Crippen LogP) is 2.17. The summed E-state index contributed by atoms with van der Waals surface area (Å²) >= 11 is 0. The van der Waals surface area contributed by atoms with Crippen LogP contribution in [0.25, 0.3) is 0 Å². The fraction of sp³-hybridized carbons (Fsp3) is 0.538. The summed E-state index contributed by atoms with van der Waals surface area (Å²) < 4.78 is 5.30. The lowest BCUT2D eigenvalue weighted by atomic mass is 10.3. The van der Waals surface area contributed by atoms with E-state index in [4.69, 9.17) is 4.42 Å². The molecule has 0 N–H and O–H groups in total. The maximum absolute atomic E-state index is 5.30. The number of furan rings is 1. The maximum atomic E-state index is 5.30. The van der Waals surface area contributed by atoms with Crippen LogP contribution in [0.5, 0.6) is 0 Å². The Hall–Kier alpha value is -1.78. The van der Waals surface area contributed by atoms with Gasteiger partial charge in [-0.15, -0.1) is 0 Å².